The number of ether oxygens (including phenoxy) is 1. The molecule has 0 bridgehead atoms. The Morgan fingerprint density at radius 2 is 1.48 bits per heavy atom. The Morgan fingerprint density at radius 1 is 0.712 bits per heavy atom. The third-order valence-corrected chi connectivity index (χ3v) is 10.9. The summed E-state index contributed by atoms with van der Waals surface area (Å²) in [5, 5.41) is 4.82. The Balaban J connectivity index is 0.00000360. The van der Waals surface area contributed by atoms with Crippen LogP contribution in [0.15, 0.2) is 140 Å². The van der Waals surface area contributed by atoms with E-state index >= 15 is 0 Å². The minimum Gasteiger partial charge on any atom is -0.509 e. The molecule has 256 valence electrons. The number of pyridine rings is 1. The van der Waals surface area contributed by atoms with Crippen molar-refractivity contribution in [2.75, 3.05) is 9.80 Å². The van der Waals surface area contributed by atoms with Gasteiger partial charge in [-0.05, 0) is 64.7 Å². The van der Waals surface area contributed by atoms with Crippen molar-refractivity contribution in [2.24, 2.45) is 0 Å². The average Bonchev–Trinajstić information content (AvgIpc) is 3.84. The van der Waals surface area contributed by atoms with Crippen LogP contribution in [0.5, 0.6) is 11.5 Å². The molecule has 0 radical (unpaired) electrons. The van der Waals surface area contributed by atoms with Gasteiger partial charge in [-0.1, -0.05) is 85.4 Å². The zero-order chi connectivity index (χ0) is 34.1. The quantitative estimate of drug-likeness (QED) is 0.156. The summed E-state index contributed by atoms with van der Waals surface area (Å²) >= 11 is 1.82. The standard InChI is InChI=1S/C45H31N4OS.Pt/c1-29(2)31-23-24-46-42(25-31)49-40-27-35(20-21-37(40)45-44(49)43-36-16-7-6-11-30(36)19-22-41(43)51-45)50-34-15-10-14-33(26-34)48-28-47(32-12-4-3-5-13-32)38-17-8-9-18-39(38)48;/h3-25,28-29H,1-2H3;/q-3;. The van der Waals surface area contributed by atoms with Gasteiger partial charge in [0.15, 0.2) is 0 Å². The SMILES string of the molecule is CC(C)c1ccnc(-n2c3[c-]c(Oc4[c-]c(N5[CH-]N(c6ccccc6)c6ccccc65)ccc4)ccc3c3sc4ccc5ccccc5c4c32)c1.[Pt]. The molecule has 4 heterocycles. The largest absolute Gasteiger partial charge is 0.509 e. The molecular formula is C45H31N4OPtS-3. The maximum Gasteiger partial charge on any atom is 0.135 e. The summed E-state index contributed by atoms with van der Waals surface area (Å²) in [6.07, 6.45) is 1.92. The van der Waals surface area contributed by atoms with Crippen LogP contribution < -0.4 is 14.5 Å². The molecule has 10 rings (SSSR count). The minimum atomic E-state index is 0. The third kappa shape index (κ3) is 5.28. The second-order valence-corrected chi connectivity index (χ2v) is 14.2. The van der Waals surface area contributed by atoms with Crippen LogP contribution in [0, 0.1) is 18.8 Å². The Morgan fingerprint density at radius 3 is 2.33 bits per heavy atom. The maximum absolute atomic E-state index is 6.57. The topological polar surface area (TPSA) is 33.5 Å². The summed E-state index contributed by atoms with van der Waals surface area (Å²) in [5.41, 5.74) is 7.51. The molecule has 0 unspecified atom stereocenters. The molecule has 3 aromatic heterocycles. The summed E-state index contributed by atoms with van der Waals surface area (Å²) in [7, 11) is 0. The Bertz CT molecular complexity index is 2770. The third-order valence-electron chi connectivity index (χ3n) is 9.71. The molecule has 9 aromatic rings. The van der Waals surface area contributed by atoms with Crippen LogP contribution in [0.3, 0.4) is 0 Å². The number of para-hydroxylation sites is 3. The van der Waals surface area contributed by atoms with Gasteiger partial charge < -0.3 is 19.1 Å². The molecule has 0 saturated heterocycles. The fourth-order valence-electron chi connectivity index (χ4n) is 7.24. The predicted octanol–water partition coefficient (Wildman–Crippen LogP) is 12.5. The zero-order valence-electron chi connectivity index (χ0n) is 28.4. The van der Waals surface area contributed by atoms with Gasteiger partial charge in [-0.2, -0.15) is 12.1 Å². The van der Waals surface area contributed by atoms with Crippen LogP contribution in [0.2, 0.25) is 0 Å². The van der Waals surface area contributed by atoms with Crippen LogP contribution in [0.25, 0.3) is 47.8 Å². The van der Waals surface area contributed by atoms with Gasteiger partial charge in [-0.15, -0.1) is 54.0 Å². The van der Waals surface area contributed by atoms with E-state index in [0.717, 1.165) is 45.0 Å². The number of anilines is 4. The van der Waals surface area contributed by atoms with Crippen LogP contribution >= 0.6 is 11.3 Å². The summed E-state index contributed by atoms with van der Waals surface area (Å²) in [6.45, 7) is 6.55. The van der Waals surface area contributed by atoms with Crippen molar-refractivity contribution in [3.63, 3.8) is 0 Å². The van der Waals surface area contributed by atoms with Gasteiger partial charge in [0.1, 0.15) is 5.82 Å². The molecule has 0 atom stereocenters. The van der Waals surface area contributed by atoms with Crippen molar-refractivity contribution in [3.05, 3.63) is 164 Å². The van der Waals surface area contributed by atoms with Gasteiger partial charge in [0.25, 0.3) is 0 Å². The summed E-state index contributed by atoms with van der Waals surface area (Å²) in [5.74, 6) is 2.48. The van der Waals surface area contributed by atoms with E-state index in [9.17, 15) is 0 Å². The average molecular weight is 871 g/mol. The molecule has 7 heteroatoms. The first-order chi connectivity index (χ1) is 25.1. The van der Waals surface area contributed by atoms with Crippen LogP contribution in [0.4, 0.5) is 22.7 Å². The Hall–Kier alpha value is -5.42. The van der Waals surface area contributed by atoms with E-state index in [4.69, 9.17) is 9.72 Å². The molecule has 1 aliphatic rings. The molecular weight excluding hydrogens is 840 g/mol. The van der Waals surface area contributed by atoms with Crippen molar-refractivity contribution in [3.8, 4) is 17.3 Å². The molecule has 0 saturated carbocycles. The monoisotopic (exact) mass is 870 g/mol. The van der Waals surface area contributed by atoms with Crippen molar-refractivity contribution in [1.82, 2.24) is 9.55 Å². The summed E-state index contributed by atoms with van der Waals surface area (Å²) in [4.78, 5) is 9.29. The van der Waals surface area contributed by atoms with E-state index < -0.39 is 0 Å². The number of hydrogen-bond acceptors (Lipinski definition) is 5. The van der Waals surface area contributed by atoms with Gasteiger partial charge >= 0.3 is 0 Å². The number of benzene rings is 6. The van der Waals surface area contributed by atoms with E-state index in [1.165, 1.54) is 31.1 Å². The van der Waals surface area contributed by atoms with Crippen molar-refractivity contribution < 1.29 is 25.8 Å². The Kier molecular flexibility index (Phi) is 8.10. The molecule has 6 aromatic carbocycles. The van der Waals surface area contributed by atoms with E-state index in [-0.39, 0.29) is 21.1 Å². The number of thiophene rings is 1. The van der Waals surface area contributed by atoms with Crippen LogP contribution in [-0.2, 0) is 21.1 Å². The summed E-state index contributed by atoms with van der Waals surface area (Å²) in [6, 6.07) is 53.6. The van der Waals surface area contributed by atoms with Gasteiger partial charge in [0.05, 0.1) is 5.52 Å². The second kappa shape index (κ2) is 13.0. The van der Waals surface area contributed by atoms with E-state index in [0.29, 0.717) is 17.4 Å². The minimum absolute atomic E-state index is 0. The fraction of sp³-hybridized carbons (Fsp3) is 0.0667. The molecule has 0 fully saturated rings. The smallest absolute Gasteiger partial charge is 0.135 e. The van der Waals surface area contributed by atoms with Gasteiger partial charge in [0.2, 0.25) is 0 Å². The number of aromatic nitrogens is 2. The first kappa shape index (κ1) is 32.5. The molecule has 0 N–H and O–H groups in total. The van der Waals surface area contributed by atoms with Crippen molar-refractivity contribution in [2.45, 2.75) is 19.8 Å². The number of fused-ring (bicyclic) bond motifs is 8. The van der Waals surface area contributed by atoms with Crippen molar-refractivity contribution >= 4 is 76.1 Å². The van der Waals surface area contributed by atoms with E-state index in [1.807, 2.05) is 41.8 Å². The number of rotatable bonds is 6. The summed E-state index contributed by atoms with van der Waals surface area (Å²) < 4.78 is 11.3. The van der Waals surface area contributed by atoms with Crippen molar-refractivity contribution in [1.29, 1.82) is 0 Å². The molecule has 5 nitrogen and oxygen atoms in total. The molecule has 0 spiro atoms. The Labute approximate surface area is 320 Å². The normalized spacial score (nSPS) is 12.7. The molecule has 0 aliphatic carbocycles. The predicted molar refractivity (Wildman–Crippen MR) is 211 cm³/mol. The zero-order valence-corrected chi connectivity index (χ0v) is 31.4. The van der Waals surface area contributed by atoms with Gasteiger partial charge in [-0.25, -0.2) is 4.98 Å². The molecule has 1 aliphatic heterocycles. The van der Waals surface area contributed by atoms with E-state index in [2.05, 4.69) is 156 Å². The fourth-order valence-corrected chi connectivity index (χ4v) is 8.47. The van der Waals surface area contributed by atoms with Crippen LogP contribution in [-0.4, -0.2) is 9.55 Å². The second-order valence-electron chi connectivity index (χ2n) is 13.1. The molecule has 0 amide bonds. The first-order valence-electron chi connectivity index (χ1n) is 17.2. The van der Waals surface area contributed by atoms with Gasteiger partial charge in [0, 0.05) is 70.6 Å². The number of nitrogens with zero attached hydrogens (tertiary/aromatic N) is 4. The van der Waals surface area contributed by atoms with Crippen LogP contribution in [0.1, 0.15) is 25.3 Å². The van der Waals surface area contributed by atoms with E-state index in [1.54, 1.807) is 0 Å². The van der Waals surface area contributed by atoms with Gasteiger partial charge in [-0.3, -0.25) is 0 Å². The maximum atomic E-state index is 6.57. The first-order valence-corrected chi connectivity index (χ1v) is 18.0. The molecule has 52 heavy (non-hydrogen) atoms. The number of hydrogen-bond donors (Lipinski definition) is 0.